The summed E-state index contributed by atoms with van der Waals surface area (Å²) in [5, 5.41) is 9.42. The smallest absolute Gasteiger partial charge is 0.329 e. The molecule has 0 aliphatic heterocycles. The maximum atomic E-state index is 11.5. The first-order chi connectivity index (χ1) is 9.74. The van der Waals surface area contributed by atoms with E-state index in [1.165, 1.54) is 0 Å². The number of hydrogen-bond donors (Lipinski definition) is 1. The van der Waals surface area contributed by atoms with Gasteiger partial charge in [0, 0.05) is 5.92 Å². The van der Waals surface area contributed by atoms with Crippen molar-refractivity contribution >= 4 is 14.9 Å². The van der Waals surface area contributed by atoms with Gasteiger partial charge < -0.3 is 5.11 Å². The second-order valence-electron chi connectivity index (χ2n) is 4.20. The molecule has 1 N–H and O–H groups in total. The molecule has 19 heavy (non-hydrogen) atoms. The molecule has 0 saturated carbocycles. The molecule has 2 aromatic carbocycles. The number of rotatable bonds is 5. The minimum Gasteiger partial charge on any atom is -0.480 e. The zero-order chi connectivity index (χ0) is 14.4. The Morgan fingerprint density at radius 2 is 1.53 bits per heavy atom. The third-order valence-corrected chi connectivity index (χ3v) is 3.26. The van der Waals surface area contributed by atoms with Crippen LogP contribution in [0.4, 0.5) is 0 Å². The normalized spacial score (nSPS) is 13.4. The molecule has 1 atom stereocenters. The van der Waals surface area contributed by atoms with Crippen molar-refractivity contribution < 1.29 is 9.90 Å². The molecule has 0 fully saturated rings. The first-order valence-corrected chi connectivity index (χ1v) is 6.31. The molecular weight excluding hydrogens is 257 g/mol. The molecule has 1 unspecified atom stereocenters. The second-order valence-corrected chi connectivity index (χ2v) is 4.43. The Balaban J connectivity index is 2.52. The highest BCUT2D eigenvalue weighted by Gasteiger charge is 2.29. The fourth-order valence-electron chi connectivity index (χ4n) is 2.14. The van der Waals surface area contributed by atoms with E-state index in [4.69, 9.17) is 1.28 Å². The van der Waals surface area contributed by atoms with Crippen LogP contribution in [0.3, 0.4) is 0 Å². The van der Waals surface area contributed by atoms with Crippen LogP contribution < -0.4 is 0 Å². The highest BCUT2D eigenvalue weighted by molar-refractivity contribution is 7.04. The first-order valence-electron chi connectivity index (χ1n) is 6.35. The Hall–Kier alpha value is -1.99. The summed E-state index contributed by atoms with van der Waals surface area (Å²) in [7, 11) is -0.0212. The summed E-state index contributed by atoms with van der Waals surface area (Å²) in [6.45, 7) is 0. The first kappa shape index (κ1) is 12.1. The van der Waals surface area contributed by atoms with Crippen molar-refractivity contribution in [2.24, 2.45) is 4.74 Å². The SMILES string of the molecule is [2H]P=NC(C(=O)O)C(c1ccccc1)c1ccccc1. The number of benzene rings is 2. The van der Waals surface area contributed by atoms with Crippen molar-refractivity contribution in [2.75, 3.05) is 0 Å². The average molecular weight is 272 g/mol. The number of hydrogen-bond acceptors (Lipinski definition) is 2. The Kier molecular flexibility index (Phi) is 3.97. The third kappa shape index (κ3) is 3.07. The molecule has 0 saturated heterocycles. The number of carboxylic acid groups (broad SMARTS) is 1. The van der Waals surface area contributed by atoms with Crippen LogP contribution in [0.25, 0.3) is 0 Å². The van der Waals surface area contributed by atoms with Crippen LogP contribution in [0.2, 0.25) is 0 Å². The summed E-state index contributed by atoms with van der Waals surface area (Å²) in [6.07, 6.45) is 0. The number of aliphatic carboxylic acids is 1. The lowest BCUT2D eigenvalue weighted by molar-refractivity contribution is -0.138. The van der Waals surface area contributed by atoms with Crippen LogP contribution in [0.15, 0.2) is 65.4 Å². The van der Waals surface area contributed by atoms with Gasteiger partial charge >= 0.3 is 5.97 Å². The highest BCUT2D eigenvalue weighted by atomic mass is 31.0. The van der Waals surface area contributed by atoms with Crippen molar-refractivity contribution in [3.8, 4) is 0 Å². The minimum absolute atomic E-state index is 0.0212. The van der Waals surface area contributed by atoms with Crippen molar-refractivity contribution in [3.63, 3.8) is 0 Å². The molecule has 2 rings (SSSR count). The van der Waals surface area contributed by atoms with E-state index in [0.717, 1.165) is 11.1 Å². The third-order valence-electron chi connectivity index (χ3n) is 3.01. The standard InChI is InChI=1S/C15H14NO2P/c17-15(18)14(16-19)13(11-7-3-1-4-8-11)12-9-5-2-6-10-12/h1-10,13-14,19H,(H,17,18)/i19D. The number of carbonyl (C=O) groups is 1. The molecule has 96 valence electrons. The van der Waals surface area contributed by atoms with Crippen LogP contribution in [0.5, 0.6) is 0 Å². The van der Waals surface area contributed by atoms with Crippen LogP contribution in [0, 0.1) is 0 Å². The largest absolute Gasteiger partial charge is 0.480 e. The lowest BCUT2D eigenvalue weighted by Crippen LogP contribution is -2.26. The number of nitrogens with zero attached hydrogens (tertiary/aromatic N) is 1. The predicted molar refractivity (Wildman–Crippen MR) is 76.9 cm³/mol. The van der Waals surface area contributed by atoms with E-state index in [0.29, 0.717) is 0 Å². The molecule has 0 aromatic heterocycles. The summed E-state index contributed by atoms with van der Waals surface area (Å²) in [5.74, 6) is -1.39. The van der Waals surface area contributed by atoms with Crippen molar-refractivity contribution in [1.82, 2.24) is 0 Å². The fourth-order valence-corrected chi connectivity index (χ4v) is 2.37. The molecule has 0 aliphatic carbocycles. The van der Waals surface area contributed by atoms with Crippen LogP contribution in [0.1, 0.15) is 17.0 Å². The van der Waals surface area contributed by atoms with Gasteiger partial charge in [-0.1, -0.05) is 60.7 Å². The molecule has 0 amide bonds. The van der Waals surface area contributed by atoms with Gasteiger partial charge in [0.2, 0.25) is 0 Å². The van der Waals surface area contributed by atoms with Gasteiger partial charge in [-0.2, -0.15) is 0 Å². The van der Waals surface area contributed by atoms with Gasteiger partial charge in [-0.25, -0.2) is 4.79 Å². The quantitative estimate of drug-likeness (QED) is 0.845. The molecule has 0 heterocycles. The molecule has 0 aliphatic rings. The Morgan fingerprint density at radius 1 is 1.05 bits per heavy atom. The molecular formula is C15H14NO2P. The molecule has 2 aromatic rings. The second kappa shape index (κ2) is 6.26. The van der Waals surface area contributed by atoms with Gasteiger partial charge in [0.15, 0.2) is 6.04 Å². The summed E-state index contributed by atoms with van der Waals surface area (Å²) >= 11 is 0. The minimum atomic E-state index is -1.01. The van der Waals surface area contributed by atoms with E-state index >= 15 is 0 Å². The monoisotopic (exact) mass is 272 g/mol. The van der Waals surface area contributed by atoms with Crippen molar-refractivity contribution in [3.05, 3.63) is 71.8 Å². The summed E-state index contributed by atoms with van der Waals surface area (Å²) in [4.78, 5) is 11.5. The average Bonchev–Trinajstić information content (AvgIpc) is 2.49. The zero-order valence-corrected chi connectivity index (χ0v) is 11.1. The maximum Gasteiger partial charge on any atom is 0.329 e. The van der Waals surface area contributed by atoms with Crippen LogP contribution in [-0.4, -0.2) is 18.4 Å². The number of carboxylic acids is 1. The van der Waals surface area contributed by atoms with Gasteiger partial charge in [0.05, 0.1) is 0 Å². The lowest BCUT2D eigenvalue weighted by Gasteiger charge is -2.21. The Bertz CT molecular complexity index is 550. The van der Waals surface area contributed by atoms with E-state index in [1.54, 1.807) is 0 Å². The van der Waals surface area contributed by atoms with Gasteiger partial charge in [0.1, 0.15) is 1.28 Å². The molecule has 4 heteroatoms. The van der Waals surface area contributed by atoms with E-state index in [1.807, 2.05) is 60.7 Å². The summed E-state index contributed by atoms with van der Waals surface area (Å²) in [6, 6.07) is 17.9. The Morgan fingerprint density at radius 3 is 1.89 bits per heavy atom. The van der Waals surface area contributed by atoms with E-state index in [-0.39, 0.29) is 14.9 Å². The van der Waals surface area contributed by atoms with Gasteiger partial charge in [0.25, 0.3) is 0 Å². The Labute approximate surface area is 115 Å². The van der Waals surface area contributed by atoms with E-state index < -0.39 is 12.0 Å². The van der Waals surface area contributed by atoms with Crippen molar-refractivity contribution in [2.45, 2.75) is 12.0 Å². The summed E-state index contributed by atoms with van der Waals surface area (Å²) < 4.78 is 11.1. The molecule has 3 nitrogen and oxygen atoms in total. The topological polar surface area (TPSA) is 49.7 Å². The van der Waals surface area contributed by atoms with Crippen LogP contribution >= 0.6 is 8.98 Å². The lowest BCUT2D eigenvalue weighted by atomic mass is 9.85. The summed E-state index contributed by atoms with van der Waals surface area (Å²) in [5.41, 5.74) is 1.78. The van der Waals surface area contributed by atoms with E-state index in [2.05, 4.69) is 4.74 Å². The molecule has 0 bridgehead atoms. The van der Waals surface area contributed by atoms with Gasteiger partial charge in [-0.15, -0.1) is 0 Å². The molecule has 0 radical (unpaired) electrons. The van der Waals surface area contributed by atoms with Crippen LogP contribution in [-0.2, 0) is 4.79 Å². The maximum absolute atomic E-state index is 11.5. The highest BCUT2D eigenvalue weighted by Crippen LogP contribution is 2.30. The van der Waals surface area contributed by atoms with Gasteiger partial charge in [-0.3, -0.25) is 4.74 Å². The predicted octanol–water partition coefficient (Wildman–Crippen LogP) is 3.60. The van der Waals surface area contributed by atoms with Crippen molar-refractivity contribution in [1.29, 1.82) is 1.28 Å². The fraction of sp³-hybridized carbons (Fsp3) is 0.133. The van der Waals surface area contributed by atoms with Gasteiger partial charge in [-0.05, 0) is 20.1 Å². The molecule has 0 spiro atoms. The zero-order valence-electron chi connectivity index (χ0n) is 11.2. The van der Waals surface area contributed by atoms with E-state index in [9.17, 15) is 9.90 Å².